The fourth-order valence-electron chi connectivity index (χ4n) is 1.78. The summed E-state index contributed by atoms with van der Waals surface area (Å²) in [4.78, 5) is 0. The van der Waals surface area contributed by atoms with Crippen molar-refractivity contribution in [3.63, 3.8) is 0 Å². The Morgan fingerprint density at radius 1 is 1.08 bits per heavy atom. The van der Waals surface area contributed by atoms with E-state index in [1.807, 2.05) is 0 Å². The van der Waals surface area contributed by atoms with Crippen LogP contribution in [0.15, 0.2) is 0 Å². The minimum absolute atomic E-state index is 0.0581. The summed E-state index contributed by atoms with van der Waals surface area (Å²) in [5, 5.41) is 12.1. The number of hydrogen-bond acceptors (Lipinski definition) is 2. The van der Waals surface area contributed by atoms with Gasteiger partial charge in [-0.05, 0) is 25.7 Å². The first kappa shape index (κ1) is 9.27. The van der Waals surface area contributed by atoms with Gasteiger partial charge in [-0.25, -0.2) is 0 Å². The zero-order chi connectivity index (χ0) is 9.74. The highest BCUT2D eigenvalue weighted by molar-refractivity contribution is 5.09. The molecule has 0 aromatic carbocycles. The summed E-state index contributed by atoms with van der Waals surface area (Å²) in [6.45, 7) is -0.351. The van der Waals surface area contributed by atoms with Gasteiger partial charge in [0.25, 0.3) is 0 Å². The maximum absolute atomic E-state index is 12.3. The fraction of sp³-hybridized carbons (Fsp3) is 1.00. The number of aliphatic hydroxyl groups is 1. The molecule has 2 fully saturated rings. The quantitative estimate of drug-likeness (QED) is 0.608. The van der Waals surface area contributed by atoms with Crippen molar-refractivity contribution in [2.24, 2.45) is 0 Å². The zero-order valence-electron chi connectivity index (χ0n) is 7.12. The van der Waals surface area contributed by atoms with Crippen molar-refractivity contribution < 1.29 is 18.3 Å². The minimum atomic E-state index is -4.50. The molecule has 1 saturated carbocycles. The van der Waals surface area contributed by atoms with Gasteiger partial charge in [0.2, 0.25) is 0 Å². The lowest BCUT2D eigenvalue weighted by Gasteiger charge is -2.38. The third-order valence-corrected chi connectivity index (χ3v) is 3.15. The van der Waals surface area contributed by atoms with Crippen molar-refractivity contribution in [2.45, 2.75) is 43.0 Å². The SMILES string of the molecule is OC1(C(F)(F)F)CCC2(CC2)NC1. The molecule has 2 rings (SSSR count). The van der Waals surface area contributed by atoms with Crippen molar-refractivity contribution in [3.8, 4) is 0 Å². The standard InChI is InChI=1S/C8H12F3NO/c9-8(10,11)7(13)4-3-6(1-2-6)12-5-7/h12-13H,1-5H2. The highest BCUT2D eigenvalue weighted by Crippen LogP contribution is 2.47. The molecule has 1 saturated heterocycles. The molecule has 0 bridgehead atoms. The van der Waals surface area contributed by atoms with E-state index in [2.05, 4.69) is 5.32 Å². The molecule has 0 radical (unpaired) electrons. The Morgan fingerprint density at radius 2 is 1.62 bits per heavy atom. The molecule has 1 unspecified atom stereocenters. The molecule has 1 spiro atoms. The average Bonchev–Trinajstić information content (AvgIpc) is 2.75. The number of piperidine rings is 1. The third-order valence-electron chi connectivity index (χ3n) is 3.15. The molecule has 76 valence electrons. The number of nitrogens with one attached hydrogen (secondary N) is 1. The van der Waals surface area contributed by atoms with Crippen LogP contribution in [0.4, 0.5) is 13.2 Å². The van der Waals surface area contributed by atoms with Gasteiger partial charge in [-0.2, -0.15) is 13.2 Å². The highest BCUT2D eigenvalue weighted by atomic mass is 19.4. The van der Waals surface area contributed by atoms with Crippen LogP contribution in [0, 0.1) is 0 Å². The van der Waals surface area contributed by atoms with Crippen molar-refractivity contribution in [3.05, 3.63) is 0 Å². The van der Waals surface area contributed by atoms with E-state index in [-0.39, 0.29) is 18.5 Å². The maximum Gasteiger partial charge on any atom is 0.418 e. The first-order valence-corrected chi connectivity index (χ1v) is 4.41. The second kappa shape index (κ2) is 2.39. The van der Waals surface area contributed by atoms with E-state index in [1.165, 1.54) is 0 Å². The van der Waals surface area contributed by atoms with Crippen LogP contribution in [0.25, 0.3) is 0 Å². The Hall–Kier alpha value is -0.290. The summed E-state index contributed by atoms with van der Waals surface area (Å²) >= 11 is 0. The number of alkyl halides is 3. The molecule has 2 aliphatic rings. The van der Waals surface area contributed by atoms with Crippen molar-refractivity contribution >= 4 is 0 Å². The van der Waals surface area contributed by atoms with Crippen molar-refractivity contribution in [2.75, 3.05) is 6.54 Å². The van der Waals surface area contributed by atoms with Crippen LogP contribution in [0.3, 0.4) is 0 Å². The van der Waals surface area contributed by atoms with E-state index in [0.717, 1.165) is 12.8 Å². The first-order valence-electron chi connectivity index (χ1n) is 4.41. The van der Waals surface area contributed by atoms with Gasteiger partial charge in [-0.1, -0.05) is 0 Å². The summed E-state index contributed by atoms with van der Waals surface area (Å²) in [6.07, 6.45) is -2.34. The normalized spacial score (nSPS) is 37.8. The second-order valence-electron chi connectivity index (χ2n) is 4.16. The average molecular weight is 195 g/mol. The van der Waals surface area contributed by atoms with Gasteiger partial charge in [-0.3, -0.25) is 0 Å². The van der Waals surface area contributed by atoms with Crippen LogP contribution < -0.4 is 5.32 Å². The molecular formula is C8H12F3NO. The summed E-state index contributed by atoms with van der Waals surface area (Å²) in [6, 6.07) is 0. The Kier molecular flexibility index (Phi) is 1.70. The van der Waals surface area contributed by atoms with Crippen LogP contribution in [0.1, 0.15) is 25.7 Å². The fourth-order valence-corrected chi connectivity index (χ4v) is 1.78. The van der Waals surface area contributed by atoms with E-state index in [1.54, 1.807) is 0 Å². The monoisotopic (exact) mass is 195 g/mol. The van der Waals surface area contributed by atoms with Gasteiger partial charge in [-0.15, -0.1) is 0 Å². The Bertz CT molecular complexity index is 212. The van der Waals surface area contributed by atoms with Gasteiger partial charge >= 0.3 is 6.18 Å². The number of rotatable bonds is 0. The number of β-amino-alcohol motifs (C(OH)–C–C–N with tert-alkyl or cyclic N) is 1. The Morgan fingerprint density at radius 3 is 1.92 bits per heavy atom. The molecule has 0 aromatic rings. The Balaban J connectivity index is 2.03. The van der Waals surface area contributed by atoms with Gasteiger partial charge < -0.3 is 10.4 Å². The van der Waals surface area contributed by atoms with Gasteiger partial charge in [0.05, 0.1) is 0 Å². The summed E-state index contributed by atoms with van der Waals surface area (Å²) in [5.74, 6) is 0. The summed E-state index contributed by atoms with van der Waals surface area (Å²) in [5.41, 5.74) is -2.56. The second-order valence-corrected chi connectivity index (χ2v) is 4.16. The molecule has 2 nitrogen and oxygen atoms in total. The largest absolute Gasteiger partial charge is 0.418 e. The molecule has 2 N–H and O–H groups in total. The predicted molar refractivity (Wildman–Crippen MR) is 40.2 cm³/mol. The van der Waals surface area contributed by atoms with Crippen LogP contribution in [-0.2, 0) is 0 Å². The highest BCUT2D eigenvalue weighted by Gasteiger charge is 2.59. The molecule has 13 heavy (non-hydrogen) atoms. The molecule has 1 atom stereocenters. The van der Waals surface area contributed by atoms with E-state index >= 15 is 0 Å². The third kappa shape index (κ3) is 1.44. The molecule has 1 heterocycles. The first-order chi connectivity index (χ1) is 5.87. The van der Waals surface area contributed by atoms with Crippen molar-refractivity contribution in [1.29, 1.82) is 0 Å². The lowest BCUT2D eigenvalue weighted by molar-refractivity contribution is -0.266. The van der Waals surface area contributed by atoms with E-state index in [4.69, 9.17) is 0 Å². The summed E-state index contributed by atoms with van der Waals surface area (Å²) < 4.78 is 36.9. The Labute approximate surface area is 74.1 Å². The molecule has 0 amide bonds. The van der Waals surface area contributed by atoms with Crippen LogP contribution in [-0.4, -0.2) is 29.0 Å². The maximum atomic E-state index is 12.3. The molecule has 1 aliphatic heterocycles. The van der Waals surface area contributed by atoms with Gasteiger partial charge in [0.15, 0.2) is 5.60 Å². The van der Waals surface area contributed by atoms with Crippen LogP contribution >= 0.6 is 0 Å². The topological polar surface area (TPSA) is 32.3 Å². The van der Waals surface area contributed by atoms with E-state index in [9.17, 15) is 18.3 Å². The van der Waals surface area contributed by atoms with E-state index in [0.29, 0.717) is 6.42 Å². The van der Waals surface area contributed by atoms with Gasteiger partial charge in [0, 0.05) is 12.1 Å². The molecule has 5 heteroatoms. The summed E-state index contributed by atoms with van der Waals surface area (Å²) in [7, 11) is 0. The lowest BCUT2D eigenvalue weighted by Crippen LogP contribution is -2.59. The smallest absolute Gasteiger partial charge is 0.379 e. The van der Waals surface area contributed by atoms with Gasteiger partial charge in [0.1, 0.15) is 0 Å². The van der Waals surface area contributed by atoms with Crippen LogP contribution in [0.2, 0.25) is 0 Å². The lowest BCUT2D eigenvalue weighted by atomic mass is 9.88. The van der Waals surface area contributed by atoms with Crippen molar-refractivity contribution in [1.82, 2.24) is 5.32 Å². The number of hydrogen-bond donors (Lipinski definition) is 2. The van der Waals surface area contributed by atoms with Crippen LogP contribution in [0.5, 0.6) is 0 Å². The predicted octanol–water partition coefficient (Wildman–Crippen LogP) is 1.20. The number of halogens is 3. The molecular weight excluding hydrogens is 183 g/mol. The minimum Gasteiger partial charge on any atom is -0.379 e. The van der Waals surface area contributed by atoms with E-state index < -0.39 is 11.8 Å². The molecule has 1 aliphatic carbocycles. The zero-order valence-corrected chi connectivity index (χ0v) is 7.12. The molecule has 0 aromatic heterocycles.